The number of carbonyl (C=O) groups is 1. The normalized spacial score (nSPS) is 12.7. The standard InChI is InChI=1S/C20H17NO2/c1-13(2)20(23)19(11-21-12-22)17-9-5-8-16-15-7-4-3-6-14(15)10-18(16)17/h3-9,19H,1,10-11H2,2H3. The van der Waals surface area contributed by atoms with Crippen LogP contribution in [0.3, 0.4) is 0 Å². The van der Waals surface area contributed by atoms with Gasteiger partial charge in [-0.1, -0.05) is 49.0 Å². The maximum absolute atomic E-state index is 12.5. The van der Waals surface area contributed by atoms with E-state index in [2.05, 4.69) is 29.8 Å². The van der Waals surface area contributed by atoms with E-state index in [0.29, 0.717) is 5.57 Å². The van der Waals surface area contributed by atoms with E-state index in [4.69, 9.17) is 0 Å². The van der Waals surface area contributed by atoms with Crippen molar-refractivity contribution in [1.82, 2.24) is 0 Å². The molecular formula is C20H17NO2. The minimum Gasteiger partial charge on any atom is -0.294 e. The van der Waals surface area contributed by atoms with Crippen LogP contribution in [-0.2, 0) is 16.0 Å². The molecule has 1 aliphatic carbocycles. The third-order valence-electron chi connectivity index (χ3n) is 4.34. The molecule has 0 saturated carbocycles. The Kier molecular flexibility index (Phi) is 4.05. The van der Waals surface area contributed by atoms with Crippen molar-refractivity contribution < 1.29 is 9.59 Å². The van der Waals surface area contributed by atoms with Crippen LogP contribution in [0, 0.1) is 0 Å². The molecule has 0 amide bonds. The first-order valence-corrected chi connectivity index (χ1v) is 7.57. The molecule has 0 aromatic heterocycles. The van der Waals surface area contributed by atoms with Gasteiger partial charge in [-0.2, -0.15) is 0 Å². The molecule has 1 atom stereocenters. The Morgan fingerprint density at radius 2 is 1.96 bits per heavy atom. The maximum Gasteiger partial charge on any atom is 0.234 e. The van der Waals surface area contributed by atoms with Gasteiger partial charge in [-0.3, -0.25) is 4.79 Å². The molecule has 0 aliphatic heterocycles. The van der Waals surface area contributed by atoms with E-state index < -0.39 is 5.92 Å². The molecule has 0 spiro atoms. The highest BCUT2D eigenvalue weighted by molar-refractivity contribution is 6.00. The lowest BCUT2D eigenvalue weighted by atomic mass is 9.86. The van der Waals surface area contributed by atoms with Crippen LogP contribution < -0.4 is 0 Å². The highest BCUT2D eigenvalue weighted by atomic mass is 16.1. The summed E-state index contributed by atoms with van der Waals surface area (Å²) in [4.78, 5) is 26.7. The van der Waals surface area contributed by atoms with Crippen LogP contribution >= 0.6 is 0 Å². The first kappa shape index (κ1) is 15.1. The van der Waals surface area contributed by atoms with Crippen molar-refractivity contribution in [2.75, 3.05) is 6.54 Å². The second-order valence-electron chi connectivity index (χ2n) is 5.84. The lowest BCUT2D eigenvalue weighted by molar-refractivity contribution is -0.116. The van der Waals surface area contributed by atoms with Gasteiger partial charge >= 0.3 is 0 Å². The summed E-state index contributed by atoms with van der Waals surface area (Å²) in [6.45, 7) is 5.56. The molecule has 0 saturated heterocycles. The Bertz CT molecular complexity index is 844. The summed E-state index contributed by atoms with van der Waals surface area (Å²) in [6.07, 6.45) is 2.34. The minimum atomic E-state index is -0.474. The quantitative estimate of drug-likeness (QED) is 0.408. The highest BCUT2D eigenvalue weighted by Crippen LogP contribution is 2.40. The molecule has 0 radical (unpaired) electrons. The smallest absolute Gasteiger partial charge is 0.234 e. The summed E-state index contributed by atoms with van der Waals surface area (Å²) in [5.41, 5.74) is 6.19. The predicted octanol–water partition coefficient (Wildman–Crippen LogP) is 3.82. The summed E-state index contributed by atoms with van der Waals surface area (Å²) < 4.78 is 0. The van der Waals surface area contributed by atoms with Gasteiger partial charge in [0.25, 0.3) is 0 Å². The molecule has 3 rings (SSSR count). The number of fused-ring (bicyclic) bond motifs is 3. The number of allylic oxidation sites excluding steroid dienone is 1. The molecule has 0 heterocycles. The first-order chi connectivity index (χ1) is 11.1. The van der Waals surface area contributed by atoms with Gasteiger partial charge in [0.2, 0.25) is 6.08 Å². The van der Waals surface area contributed by atoms with E-state index in [1.165, 1.54) is 17.2 Å². The van der Waals surface area contributed by atoms with E-state index in [1.54, 1.807) is 6.92 Å². The van der Waals surface area contributed by atoms with Gasteiger partial charge in [0.1, 0.15) is 0 Å². The lowest BCUT2D eigenvalue weighted by Crippen LogP contribution is -2.18. The van der Waals surface area contributed by atoms with Gasteiger partial charge in [-0.25, -0.2) is 9.79 Å². The van der Waals surface area contributed by atoms with Crippen molar-refractivity contribution in [1.29, 1.82) is 0 Å². The number of aliphatic imine (C=N–C) groups is 1. The van der Waals surface area contributed by atoms with E-state index >= 15 is 0 Å². The first-order valence-electron chi connectivity index (χ1n) is 7.57. The number of rotatable bonds is 5. The lowest BCUT2D eigenvalue weighted by Gasteiger charge is -2.17. The molecule has 0 bridgehead atoms. The van der Waals surface area contributed by atoms with Gasteiger partial charge in [0.15, 0.2) is 5.78 Å². The number of carbonyl (C=O) groups excluding carboxylic acids is 2. The SMILES string of the molecule is C=C(C)C(=O)C(CN=C=O)c1cccc2c1Cc1ccccc1-2. The molecule has 3 heteroatoms. The molecule has 0 N–H and O–H groups in total. The Morgan fingerprint density at radius 1 is 1.22 bits per heavy atom. The summed E-state index contributed by atoms with van der Waals surface area (Å²) in [7, 11) is 0. The molecular weight excluding hydrogens is 286 g/mol. The largest absolute Gasteiger partial charge is 0.294 e. The van der Waals surface area contributed by atoms with Crippen LogP contribution in [0.25, 0.3) is 11.1 Å². The summed E-state index contributed by atoms with van der Waals surface area (Å²) in [5, 5.41) is 0. The zero-order valence-corrected chi connectivity index (χ0v) is 13.0. The molecule has 3 nitrogen and oxygen atoms in total. The third kappa shape index (κ3) is 2.67. The molecule has 114 valence electrons. The summed E-state index contributed by atoms with van der Waals surface area (Å²) >= 11 is 0. The van der Waals surface area contributed by atoms with E-state index in [0.717, 1.165) is 23.1 Å². The number of Topliss-reactive ketones (excluding diaryl/α,β-unsaturated/α-hetero) is 1. The van der Waals surface area contributed by atoms with Crippen LogP contribution in [0.2, 0.25) is 0 Å². The molecule has 1 aliphatic rings. The molecule has 0 fully saturated rings. The minimum absolute atomic E-state index is 0.0756. The van der Waals surface area contributed by atoms with Gasteiger partial charge < -0.3 is 0 Å². The number of hydrogen-bond acceptors (Lipinski definition) is 3. The Labute approximate surface area is 135 Å². The average Bonchev–Trinajstić information content (AvgIpc) is 2.94. The molecule has 1 unspecified atom stereocenters. The third-order valence-corrected chi connectivity index (χ3v) is 4.34. The Hall–Kier alpha value is -2.77. The zero-order chi connectivity index (χ0) is 16.4. The van der Waals surface area contributed by atoms with Crippen LogP contribution in [0.4, 0.5) is 0 Å². The topological polar surface area (TPSA) is 46.5 Å². The van der Waals surface area contributed by atoms with Crippen molar-refractivity contribution >= 4 is 11.9 Å². The van der Waals surface area contributed by atoms with Crippen LogP contribution in [0.15, 0.2) is 59.6 Å². The Balaban J connectivity index is 2.11. The van der Waals surface area contributed by atoms with Crippen LogP contribution in [-0.4, -0.2) is 18.4 Å². The number of benzene rings is 2. The monoisotopic (exact) mass is 303 g/mol. The van der Waals surface area contributed by atoms with Crippen molar-refractivity contribution in [2.45, 2.75) is 19.3 Å². The van der Waals surface area contributed by atoms with Gasteiger partial charge in [-0.15, -0.1) is 0 Å². The van der Waals surface area contributed by atoms with Crippen molar-refractivity contribution in [3.8, 4) is 11.1 Å². The Morgan fingerprint density at radius 3 is 2.70 bits per heavy atom. The fourth-order valence-electron chi connectivity index (χ4n) is 3.26. The fourth-order valence-corrected chi connectivity index (χ4v) is 3.26. The number of ketones is 1. The van der Waals surface area contributed by atoms with Crippen LogP contribution in [0.1, 0.15) is 29.5 Å². The number of nitrogens with zero attached hydrogens (tertiary/aromatic N) is 1. The summed E-state index contributed by atoms with van der Waals surface area (Å²) in [5.74, 6) is -0.549. The average molecular weight is 303 g/mol. The van der Waals surface area contributed by atoms with Crippen LogP contribution in [0.5, 0.6) is 0 Å². The fraction of sp³-hybridized carbons (Fsp3) is 0.200. The zero-order valence-electron chi connectivity index (χ0n) is 13.0. The highest BCUT2D eigenvalue weighted by Gasteiger charge is 2.28. The van der Waals surface area contributed by atoms with Crippen molar-refractivity contribution in [2.24, 2.45) is 4.99 Å². The van der Waals surface area contributed by atoms with Gasteiger partial charge in [-0.05, 0) is 46.7 Å². The number of isocyanates is 1. The van der Waals surface area contributed by atoms with E-state index in [1.807, 2.05) is 24.3 Å². The van der Waals surface area contributed by atoms with Gasteiger partial charge in [0, 0.05) is 0 Å². The van der Waals surface area contributed by atoms with E-state index in [-0.39, 0.29) is 12.3 Å². The molecule has 23 heavy (non-hydrogen) atoms. The second-order valence-corrected chi connectivity index (χ2v) is 5.84. The predicted molar refractivity (Wildman–Crippen MR) is 90.2 cm³/mol. The van der Waals surface area contributed by atoms with Crippen molar-refractivity contribution in [3.63, 3.8) is 0 Å². The van der Waals surface area contributed by atoms with Crippen molar-refractivity contribution in [3.05, 3.63) is 71.3 Å². The summed E-state index contributed by atoms with van der Waals surface area (Å²) in [6, 6.07) is 14.2. The molecule has 2 aromatic carbocycles. The van der Waals surface area contributed by atoms with Gasteiger partial charge in [0.05, 0.1) is 12.5 Å². The molecule has 2 aromatic rings. The van der Waals surface area contributed by atoms with E-state index in [9.17, 15) is 9.59 Å². The second kappa shape index (κ2) is 6.15. The maximum atomic E-state index is 12.5. The number of hydrogen-bond donors (Lipinski definition) is 0.